The van der Waals surface area contributed by atoms with E-state index in [4.69, 9.17) is 0 Å². The van der Waals surface area contributed by atoms with Gasteiger partial charge in [-0.3, -0.25) is 4.79 Å². The van der Waals surface area contributed by atoms with Gasteiger partial charge in [0.25, 0.3) is 0 Å². The quantitative estimate of drug-likeness (QED) is 0.768. The molecular weight excluding hydrogens is 196 g/mol. The molecule has 1 N–H and O–H groups in total. The van der Waals surface area contributed by atoms with Crippen molar-refractivity contribution < 1.29 is 4.79 Å². The van der Waals surface area contributed by atoms with Crippen LogP contribution >= 0.6 is 11.3 Å². The molecule has 0 amide bonds. The number of carbonyl (C=O) groups excluding carboxylic acids is 1. The van der Waals surface area contributed by atoms with Crippen LogP contribution in [-0.2, 0) is 0 Å². The van der Waals surface area contributed by atoms with Crippen LogP contribution in [0.2, 0.25) is 0 Å². The fraction of sp³-hybridized carbons (Fsp3) is 0. The Kier molecular flexibility index (Phi) is 4.37. The van der Waals surface area contributed by atoms with E-state index in [0.717, 1.165) is 0 Å². The first-order valence-corrected chi connectivity index (χ1v) is 4.85. The van der Waals surface area contributed by atoms with Gasteiger partial charge in [0, 0.05) is 17.3 Å². The Morgan fingerprint density at radius 2 is 2.43 bits per heavy atom. The molecule has 2 heterocycles. The number of nitrogens with one attached hydrogen (secondary N) is 1. The number of rotatable bonds is 2. The lowest BCUT2D eigenvalue weighted by Crippen LogP contribution is -1.78. The fourth-order valence-corrected chi connectivity index (χ4v) is 1.32. The monoisotopic (exact) mass is 206 g/mol. The minimum Gasteiger partial charge on any atom is -0.342 e. The Hall–Kier alpha value is -1.68. The number of aromatic amines is 1. The average molecular weight is 206 g/mol. The van der Waals surface area contributed by atoms with E-state index in [1.54, 1.807) is 17.5 Å². The predicted molar refractivity (Wildman–Crippen MR) is 58.4 cm³/mol. The number of nitrogens with zero attached hydrogens (tertiary/aromatic N) is 1. The van der Waals surface area contributed by atoms with Crippen LogP contribution in [0, 0.1) is 0 Å². The molecule has 2 aromatic rings. The van der Waals surface area contributed by atoms with Crippen LogP contribution < -0.4 is 0 Å². The van der Waals surface area contributed by atoms with Crippen LogP contribution in [0.5, 0.6) is 0 Å². The van der Waals surface area contributed by atoms with Gasteiger partial charge in [0.15, 0.2) is 12.1 Å². The summed E-state index contributed by atoms with van der Waals surface area (Å²) >= 11 is 1.70. The summed E-state index contributed by atoms with van der Waals surface area (Å²) in [6, 6.07) is 4.05. The molecule has 0 aliphatic rings. The molecular formula is C10H10N2OS. The van der Waals surface area contributed by atoms with Crippen LogP contribution in [-0.4, -0.2) is 16.3 Å². The summed E-state index contributed by atoms with van der Waals surface area (Å²) in [6.07, 6.45) is 5.65. The summed E-state index contributed by atoms with van der Waals surface area (Å²) in [5.41, 5.74) is 0. The van der Waals surface area contributed by atoms with Gasteiger partial charge in [0.05, 0.1) is 0 Å². The third-order valence-electron chi connectivity index (χ3n) is 1.38. The van der Waals surface area contributed by atoms with E-state index in [2.05, 4.69) is 16.5 Å². The molecule has 2 aromatic heterocycles. The van der Waals surface area contributed by atoms with Crippen LogP contribution in [0.3, 0.4) is 0 Å². The maximum Gasteiger partial charge on any atom is 0.185 e. The number of imidazole rings is 1. The zero-order valence-electron chi connectivity index (χ0n) is 7.51. The highest BCUT2D eigenvalue weighted by Crippen LogP contribution is 2.07. The van der Waals surface area contributed by atoms with Crippen molar-refractivity contribution in [3.63, 3.8) is 0 Å². The summed E-state index contributed by atoms with van der Waals surface area (Å²) < 4.78 is 0. The highest BCUT2D eigenvalue weighted by Gasteiger charge is 1.83. The molecule has 0 aliphatic heterocycles. The van der Waals surface area contributed by atoms with Crippen molar-refractivity contribution in [2.45, 2.75) is 0 Å². The molecule has 2 rings (SSSR count). The number of hydrogen-bond acceptors (Lipinski definition) is 3. The van der Waals surface area contributed by atoms with Crippen LogP contribution in [0.15, 0.2) is 36.5 Å². The van der Waals surface area contributed by atoms with Crippen LogP contribution in [0.4, 0.5) is 0 Å². The largest absolute Gasteiger partial charge is 0.342 e. The third kappa shape index (κ3) is 3.37. The number of H-pyrrole nitrogens is 1. The van der Waals surface area contributed by atoms with Crippen molar-refractivity contribution in [3.05, 3.63) is 47.2 Å². The molecule has 0 atom stereocenters. The number of aldehydes is 1. The van der Waals surface area contributed by atoms with Gasteiger partial charge in [0.2, 0.25) is 0 Å². The summed E-state index contributed by atoms with van der Waals surface area (Å²) in [5, 5.41) is 2.04. The normalized spacial score (nSPS) is 8.57. The lowest BCUT2D eigenvalue weighted by molar-refractivity contribution is 0.111. The van der Waals surface area contributed by atoms with Gasteiger partial charge in [-0.05, 0) is 11.4 Å². The van der Waals surface area contributed by atoms with Gasteiger partial charge in [-0.25, -0.2) is 4.98 Å². The minimum atomic E-state index is 0.375. The van der Waals surface area contributed by atoms with Crippen LogP contribution in [0.25, 0.3) is 6.08 Å². The smallest absolute Gasteiger partial charge is 0.185 e. The molecule has 0 saturated heterocycles. The van der Waals surface area contributed by atoms with Crippen molar-refractivity contribution in [1.82, 2.24) is 9.97 Å². The fourth-order valence-electron chi connectivity index (χ4n) is 0.749. The molecule has 0 fully saturated rings. The number of carbonyl (C=O) groups is 1. The lowest BCUT2D eigenvalue weighted by atomic mass is 10.5. The molecule has 0 radical (unpaired) electrons. The van der Waals surface area contributed by atoms with E-state index in [1.165, 1.54) is 11.1 Å². The molecule has 0 unspecified atom stereocenters. The van der Waals surface area contributed by atoms with Gasteiger partial charge in [0.1, 0.15) is 0 Å². The SMILES string of the molecule is C=Cc1cccs1.O=Cc1ncc[nH]1. The van der Waals surface area contributed by atoms with E-state index >= 15 is 0 Å². The minimum absolute atomic E-state index is 0.375. The van der Waals surface area contributed by atoms with Crippen molar-refractivity contribution in [3.8, 4) is 0 Å². The number of hydrogen-bond donors (Lipinski definition) is 1. The van der Waals surface area contributed by atoms with E-state index in [1.807, 2.05) is 23.6 Å². The predicted octanol–water partition coefficient (Wildman–Crippen LogP) is 2.61. The summed E-state index contributed by atoms with van der Waals surface area (Å²) in [7, 11) is 0. The van der Waals surface area contributed by atoms with Gasteiger partial charge in [-0.2, -0.15) is 0 Å². The second-order valence-electron chi connectivity index (χ2n) is 2.31. The first kappa shape index (κ1) is 10.4. The standard InChI is InChI=1S/C6H6S.C4H4N2O/c1-2-6-4-3-5-7-6;7-3-4-5-1-2-6-4/h2-5H,1H2;1-3H,(H,5,6). The molecule has 3 nitrogen and oxygen atoms in total. The van der Waals surface area contributed by atoms with E-state index in [-0.39, 0.29) is 0 Å². The Morgan fingerprint density at radius 1 is 1.57 bits per heavy atom. The Bertz CT molecular complexity index is 326. The number of aromatic nitrogens is 2. The molecule has 0 spiro atoms. The average Bonchev–Trinajstić information content (AvgIpc) is 2.92. The first-order chi connectivity index (χ1) is 6.86. The number of thiophene rings is 1. The van der Waals surface area contributed by atoms with Crippen molar-refractivity contribution >= 4 is 23.7 Å². The molecule has 0 bridgehead atoms. The maximum absolute atomic E-state index is 9.77. The van der Waals surface area contributed by atoms with Crippen molar-refractivity contribution in [1.29, 1.82) is 0 Å². The second kappa shape index (κ2) is 5.88. The van der Waals surface area contributed by atoms with Crippen LogP contribution in [0.1, 0.15) is 15.5 Å². The molecule has 72 valence electrons. The van der Waals surface area contributed by atoms with E-state index in [0.29, 0.717) is 12.1 Å². The molecule has 0 saturated carbocycles. The van der Waals surface area contributed by atoms with Crippen molar-refractivity contribution in [2.75, 3.05) is 0 Å². The highest BCUT2D eigenvalue weighted by molar-refractivity contribution is 7.10. The van der Waals surface area contributed by atoms with Gasteiger partial charge in [-0.1, -0.05) is 18.7 Å². The zero-order valence-corrected chi connectivity index (χ0v) is 8.33. The Balaban J connectivity index is 0.000000140. The zero-order chi connectivity index (χ0) is 10.2. The molecule has 0 aliphatic carbocycles. The topological polar surface area (TPSA) is 45.8 Å². The summed E-state index contributed by atoms with van der Waals surface area (Å²) in [4.78, 5) is 17.2. The van der Waals surface area contributed by atoms with Gasteiger partial charge >= 0.3 is 0 Å². The third-order valence-corrected chi connectivity index (χ3v) is 2.24. The van der Waals surface area contributed by atoms with Gasteiger partial charge < -0.3 is 4.98 Å². The molecule has 4 heteroatoms. The molecule has 0 aromatic carbocycles. The highest BCUT2D eigenvalue weighted by atomic mass is 32.1. The first-order valence-electron chi connectivity index (χ1n) is 3.97. The second-order valence-corrected chi connectivity index (χ2v) is 3.29. The summed E-state index contributed by atoms with van der Waals surface area (Å²) in [5.74, 6) is 0.375. The molecule has 14 heavy (non-hydrogen) atoms. The van der Waals surface area contributed by atoms with Gasteiger partial charge in [-0.15, -0.1) is 11.3 Å². The van der Waals surface area contributed by atoms with Crippen molar-refractivity contribution in [2.24, 2.45) is 0 Å². The Morgan fingerprint density at radius 3 is 2.71 bits per heavy atom. The Labute approximate surface area is 86.1 Å². The summed E-state index contributed by atoms with van der Waals surface area (Å²) in [6.45, 7) is 3.61. The lowest BCUT2D eigenvalue weighted by Gasteiger charge is -1.71. The van der Waals surface area contributed by atoms with E-state index in [9.17, 15) is 4.79 Å². The van der Waals surface area contributed by atoms with E-state index < -0.39 is 0 Å². The maximum atomic E-state index is 9.77.